The van der Waals surface area contributed by atoms with Gasteiger partial charge in [-0.15, -0.1) is 0 Å². The molecular weight excluding hydrogens is 489 g/mol. The molecule has 0 spiro atoms. The molecule has 202 valence electrons. The fourth-order valence-electron chi connectivity index (χ4n) is 4.72. The molecule has 1 aliphatic heterocycles. The molecule has 0 radical (unpaired) electrons. The van der Waals surface area contributed by atoms with E-state index >= 15 is 0 Å². The zero-order valence-corrected chi connectivity index (χ0v) is 22.2. The van der Waals surface area contributed by atoms with Gasteiger partial charge in [-0.25, -0.2) is 14.4 Å². The zero-order chi connectivity index (χ0) is 27.3. The Hall–Kier alpha value is -3.79. The van der Waals surface area contributed by atoms with Gasteiger partial charge in [0.15, 0.2) is 0 Å². The Morgan fingerprint density at radius 3 is 2.55 bits per heavy atom. The summed E-state index contributed by atoms with van der Waals surface area (Å²) in [7, 11) is 1.56. The number of hydrogen-bond donors (Lipinski definition) is 2. The molecule has 2 heterocycles. The minimum Gasteiger partial charge on any atom is -0.491 e. The number of nitrogens with zero attached hydrogens (tertiary/aromatic N) is 3. The first-order chi connectivity index (χ1) is 18.2. The molecule has 0 saturated carbocycles. The Balaban J connectivity index is 1.39. The van der Waals surface area contributed by atoms with Crippen molar-refractivity contribution in [1.29, 1.82) is 0 Å². The summed E-state index contributed by atoms with van der Waals surface area (Å²) in [6.45, 7) is 7.73. The van der Waals surface area contributed by atoms with Crippen molar-refractivity contribution < 1.29 is 23.5 Å². The molecule has 0 aliphatic carbocycles. The van der Waals surface area contributed by atoms with Gasteiger partial charge in [-0.2, -0.15) is 0 Å². The molecule has 4 rings (SSSR count). The largest absolute Gasteiger partial charge is 0.491 e. The molecule has 1 saturated heterocycles. The SMILES string of the molecule is COCCOc1cc(F)c2c(Nc3ccc(NC(=O)CC(=O)N4CCCC4C(C)(C)C)cc3)ncnc2c1. The van der Waals surface area contributed by atoms with Gasteiger partial charge in [0.25, 0.3) is 0 Å². The lowest BCUT2D eigenvalue weighted by atomic mass is 9.85. The van der Waals surface area contributed by atoms with Gasteiger partial charge >= 0.3 is 0 Å². The highest BCUT2D eigenvalue weighted by Crippen LogP contribution is 2.33. The number of amides is 2. The third-order valence-electron chi connectivity index (χ3n) is 6.54. The van der Waals surface area contributed by atoms with E-state index in [-0.39, 0.29) is 35.1 Å². The number of methoxy groups -OCH3 is 1. The van der Waals surface area contributed by atoms with Gasteiger partial charge in [0, 0.05) is 43.2 Å². The van der Waals surface area contributed by atoms with Crippen LogP contribution in [0.2, 0.25) is 0 Å². The van der Waals surface area contributed by atoms with E-state index in [2.05, 4.69) is 41.4 Å². The first-order valence-corrected chi connectivity index (χ1v) is 12.7. The first-order valence-electron chi connectivity index (χ1n) is 12.7. The van der Waals surface area contributed by atoms with Crippen LogP contribution >= 0.6 is 0 Å². The van der Waals surface area contributed by atoms with E-state index in [1.807, 2.05) is 4.90 Å². The van der Waals surface area contributed by atoms with Crippen molar-refractivity contribution in [1.82, 2.24) is 14.9 Å². The number of halogens is 1. The van der Waals surface area contributed by atoms with Crippen molar-refractivity contribution in [3.05, 3.63) is 48.5 Å². The maximum atomic E-state index is 14.9. The van der Waals surface area contributed by atoms with Gasteiger partial charge in [0.1, 0.15) is 36.7 Å². The maximum absolute atomic E-state index is 14.9. The number of nitrogens with one attached hydrogen (secondary N) is 2. The summed E-state index contributed by atoms with van der Waals surface area (Å²) in [5.74, 6) is -0.365. The number of carbonyl (C=O) groups excluding carboxylic acids is 2. The Kier molecular flexibility index (Phi) is 8.41. The van der Waals surface area contributed by atoms with Crippen molar-refractivity contribution in [2.24, 2.45) is 5.41 Å². The van der Waals surface area contributed by atoms with Crippen LogP contribution in [0.1, 0.15) is 40.0 Å². The van der Waals surface area contributed by atoms with E-state index in [0.29, 0.717) is 48.2 Å². The monoisotopic (exact) mass is 523 g/mol. The molecule has 1 fully saturated rings. The summed E-state index contributed by atoms with van der Waals surface area (Å²) < 4.78 is 25.4. The number of anilines is 3. The fraction of sp³-hybridized carbons (Fsp3) is 0.429. The van der Waals surface area contributed by atoms with Crippen LogP contribution in [-0.2, 0) is 14.3 Å². The van der Waals surface area contributed by atoms with E-state index in [0.717, 1.165) is 12.8 Å². The van der Waals surface area contributed by atoms with Gasteiger partial charge in [-0.05, 0) is 42.5 Å². The Morgan fingerprint density at radius 2 is 1.84 bits per heavy atom. The molecule has 1 unspecified atom stereocenters. The lowest BCUT2D eigenvalue weighted by Gasteiger charge is -2.35. The summed E-state index contributed by atoms with van der Waals surface area (Å²) in [4.78, 5) is 35.5. The lowest BCUT2D eigenvalue weighted by molar-refractivity contribution is -0.136. The van der Waals surface area contributed by atoms with Crippen molar-refractivity contribution >= 4 is 39.9 Å². The number of hydrogen-bond acceptors (Lipinski definition) is 7. The van der Waals surface area contributed by atoms with E-state index in [4.69, 9.17) is 9.47 Å². The van der Waals surface area contributed by atoms with Crippen LogP contribution in [0.5, 0.6) is 5.75 Å². The van der Waals surface area contributed by atoms with E-state index in [9.17, 15) is 14.0 Å². The van der Waals surface area contributed by atoms with Crippen LogP contribution in [0.4, 0.5) is 21.6 Å². The number of aromatic nitrogens is 2. The minimum absolute atomic E-state index is 0.0243. The van der Waals surface area contributed by atoms with Gasteiger partial charge < -0.3 is 25.0 Å². The number of ether oxygens (including phenoxy) is 2. The van der Waals surface area contributed by atoms with Crippen LogP contribution < -0.4 is 15.4 Å². The molecule has 1 atom stereocenters. The third-order valence-corrected chi connectivity index (χ3v) is 6.54. The number of carbonyl (C=O) groups is 2. The molecule has 38 heavy (non-hydrogen) atoms. The first kappa shape index (κ1) is 27.3. The summed E-state index contributed by atoms with van der Waals surface area (Å²) in [5.41, 5.74) is 1.57. The molecule has 2 aromatic carbocycles. The highest BCUT2D eigenvalue weighted by molar-refractivity contribution is 6.03. The van der Waals surface area contributed by atoms with Gasteiger partial charge in [0.05, 0.1) is 17.5 Å². The quantitative estimate of drug-likeness (QED) is 0.303. The van der Waals surface area contributed by atoms with Gasteiger partial charge in [0.2, 0.25) is 11.8 Å². The second kappa shape index (κ2) is 11.7. The molecular formula is C28H34FN5O4. The number of benzene rings is 2. The molecule has 1 aliphatic rings. The number of fused-ring (bicyclic) bond motifs is 1. The lowest BCUT2D eigenvalue weighted by Crippen LogP contribution is -2.44. The van der Waals surface area contributed by atoms with Crippen molar-refractivity contribution in [2.45, 2.75) is 46.1 Å². The van der Waals surface area contributed by atoms with E-state index < -0.39 is 5.82 Å². The molecule has 9 nitrogen and oxygen atoms in total. The topological polar surface area (TPSA) is 106 Å². The van der Waals surface area contributed by atoms with Crippen LogP contribution in [0, 0.1) is 11.2 Å². The molecule has 3 aromatic rings. The van der Waals surface area contributed by atoms with Gasteiger partial charge in [-0.1, -0.05) is 20.8 Å². The van der Waals surface area contributed by atoms with E-state index in [1.165, 1.54) is 12.4 Å². The van der Waals surface area contributed by atoms with Crippen LogP contribution in [0.25, 0.3) is 10.9 Å². The maximum Gasteiger partial charge on any atom is 0.233 e. The van der Waals surface area contributed by atoms with E-state index in [1.54, 1.807) is 37.4 Å². The fourth-order valence-corrected chi connectivity index (χ4v) is 4.72. The summed E-state index contributed by atoms with van der Waals surface area (Å²) in [6.07, 6.45) is 3.06. The standard InChI is InChI=1S/C28H34FN5O4/c1-28(2,3)23-6-5-11-34(23)25(36)16-24(35)32-18-7-9-19(10-8-18)33-27-26-21(29)14-20(38-13-12-37-4)15-22(26)30-17-31-27/h7-10,14-15,17,23H,5-6,11-13,16H2,1-4H3,(H,32,35)(H,30,31,33). The molecule has 10 heteroatoms. The summed E-state index contributed by atoms with van der Waals surface area (Å²) >= 11 is 0. The molecule has 2 amide bonds. The third kappa shape index (κ3) is 6.55. The second-order valence-corrected chi connectivity index (χ2v) is 10.4. The number of rotatable bonds is 9. The van der Waals surface area contributed by atoms with Crippen LogP contribution in [-0.4, -0.2) is 59.6 Å². The normalized spacial score (nSPS) is 15.5. The smallest absolute Gasteiger partial charge is 0.233 e. The average Bonchev–Trinajstić information content (AvgIpc) is 3.37. The predicted molar refractivity (Wildman–Crippen MR) is 144 cm³/mol. The molecule has 2 N–H and O–H groups in total. The van der Waals surface area contributed by atoms with Crippen LogP contribution in [0.15, 0.2) is 42.7 Å². The highest BCUT2D eigenvalue weighted by Gasteiger charge is 2.37. The molecule has 1 aromatic heterocycles. The average molecular weight is 524 g/mol. The molecule has 0 bridgehead atoms. The number of likely N-dealkylation sites (tertiary alicyclic amines) is 1. The zero-order valence-electron chi connectivity index (χ0n) is 22.2. The Morgan fingerprint density at radius 1 is 1.11 bits per heavy atom. The van der Waals surface area contributed by atoms with Crippen LogP contribution in [0.3, 0.4) is 0 Å². The summed E-state index contributed by atoms with van der Waals surface area (Å²) in [6, 6.07) is 9.97. The van der Waals surface area contributed by atoms with Crippen molar-refractivity contribution in [2.75, 3.05) is 37.5 Å². The van der Waals surface area contributed by atoms with Gasteiger partial charge in [-0.3, -0.25) is 9.59 Å². The second-order valence-electron chi connectivity index (χ2n) is 10.4. The van der Waals surface area contributed by atoms with Crippen molar-refractivity contribution in [3.8, 4) is 5.75 Å². The highest BCUT2D eigenvalue weighted by atomic mass is 19.1. The van der Waals surface area contributed by atoms with Crippen molar-refractivity contribution in [3.63, 3.8) is 0 Å². The summed E-state index contributed by atoms with van der Waals surface area (Å²) in [5, 5.41) is 6.12. The Labute approximate surface area is 221 Å². The predicted octanol–water partition coefficient (Wildman–Crippen LogP) is 4.90. The minimum atomic E-state index is -0.515. The Bertz CT molecular complexity index is 1290.